The number of para-hydroxylation sites is 1. The maximum Gasteiger partial charge on any atom is 0.261 e. The zero-order chi connectivity index (χ0) is 17.2. The molecule has 4 rings (SSSR count). The lowest BCUT2D eigenvalue weighted by Gasteiger charge is -2.14. The highest BCUT2D eigenvalue weighted by atomic mass is 16.1. The summed E-state index contributed by atoms with van der Waals surface area (Å²) in [5, 5.41) is 0.647. The Balaban J connectivity index is 1.95. The number of aromatic nitrogens is 2. The Labute approximate surface area is 146 Å². The molecule has 0 aliphatic heterocycles. The molecule has 1 aromatic heterocycles. The van der Waals surface area contributed by atoms with Crippen molar-refractivity contribution in [3.8, 4) is 11.4 Å². The third-order valence-electron chi connectivity index (χ3n) is 4.35. The molecule has 0 aliphatic carbocycles. The first-order valence-corrected chi connectivity index (χ1v) is 8.33. The van der Waals surface area contributed by atoms with Crippen LogP contribution < -0.4 is 5.56 Å². The Morgan fingerprint density at radius 1 is 0.840 bits per heavy atom. The summed E-state index contributed by atoms with van der Waals surface area (Å²) in [6, 6.07) is 25.6. The van der Waals surface area contributed by atoms with Gasteiger partial charge in [-0.15, -0.1) is 0 Å². The molecule has 0 saturated heterocycles. The number of benzene rings is 3. The molecule has 122 valence electrons. The van der Waals surface area contributed by atoms with Gasteiger partial charge in [-0.3, -0.25) is 9.36 Å². The van der Waals surface area contributed by atoms with Crippen LogP contribution >= 0.6 is 0 Å². The first-order valence-electron chi connectivity index (χ1n) is 8.33. The minimum absolute atomic E-state index is 0.00923. The van der Waals surface area contributed by atoms with Crippen molar-refractivity contribution in [3.05, 3.63) is 100 Å². The number of hydrogen-bond donors (Lipinski definition) is 0. The lowest BCUT2D eigenvalue weighted by atomic mass is 10.1. The number of fused-ring (bicyclic) bond motifs is 1. The van der Waals surface area contributed by atoms with Gasteiger partial charge in [0.15, 0.2) is 0 Å². The molecule has 3 heteroatoms. The third kappa shape index (κ3) is 2.96. The zero-order valence-corrected chi connectivity index (χ0v) is 14.0. The molecule has 0 unspecified atom stereocenters. The van der Waals surface area contributed by atoms with E-state index in [9.17, 15) is 4.79 Å². The van der Waals surface area contributed by atoms with Gasteiger partial charge in [0, 0.05) is 5.56 Å². The Kier molecular flexibility index (Phi) is 3.90. The smallest absolute Gasteiger partial charge is 0.261 e. The van der Waals surface area contributed by atoms with Crippen molar-refractivity contribution in [2.45, 2.75) is 13.5 Å². The van der Waals surface area contributed by atoms with Gasteiger partial charge in [0.2, 0.25) is 0 Å². The molecule has 1 heterocycles. The third-order valence-corrected chi connectivity index (χ3v) is 4.35. The van der Waals surface area contributed by atoms with Crippen LogP contribution in [0, 0.1) is 6.92 Å². The van der Waals surface area contributed by atoms with Gasteiger partial charge >= 0.3 is 0 Å². The number of nitrogens with zero attached hydrogens (tertiary/aromatic N) is 2. The van der Waals surface area contributed by atoms with Gasteiger partial charge in [0.25, 0.3) is 5.56 Å². The van der Waals surface area contributed by atoms with Crippen LogP contribution in [0.2, 0.25) is 0 Å². The molecule has 0 fully saturated rings. The SMILES string of the molecule is Cc1ccc(Cn2c(-c3ccccc3)nc3ccccc3c2=O)cc1. The van der Waals surface area contributed by atoms with E-state index >= 15 is 0 Å². The van der Waals surface area contributed by atoms with Gasteiger partial charge in [0.1, 0.15) is 5.82 Å². The van der Waals surface area contributed by atoms with Gasteiger partial charge in [-0.2, -0.15) is 0 Å². The number of aryl methyl sites for hydroxylation is 1. The summed E-state index contributed by atoms with van der Waals surface area (Å²) in [6.45, 7) is 2.56. The molecule has 0 saturated carbocycles. The van der Waals surface area contributed by atoms with E-state index in [1.807, 2.05) is 54.6 Å². The van der Waals surface area contributed by atoms with Crippen molar-refractivity contribution in [1.82, 2.24) is 9.55 Å². The molecular formula is C22H18N2O. The molecule has 0 aliphatic rings. The summed E-state index contributed by atoms with van der Waals surface area (Å²) >= 11 is 0. The molecule has 0 N–H and O–H groups in total. The van der Waals surface area contributed by atoms with E-state index < -0.39 is 0 Å². The highest BCUT2D eigenvalue weighted by Gasteiger charge is 2.12. The second-order valence-corrected chi connectivity index (χ2v) is 6.20. The van der Waals surface area contributed by atoms with Gasteiger partial charge < -0.3 is 0 Å². The van der Waals surface area contributed by atoms with Crippen LogP contribution in [0.1, 0.15) is 11.1 Å². The van der Waals surface area contributed by atoms with Crippen LogP contribution in [0.5, 0.6) is 0 Å². The van der Waals surface area contributed by atoms with E-state index in [-0.39, 0.29) is 5.56 Å². The summed E-state index contributed by atoms with van der Waals surface area (Å²) in [5.41, 5.74) is 3.95. The normalized spacial score (nSPS) is 10.9. The molecule has 0 spiro atoms. The van der Waals surface area contributed by atoms with E-state index in [2.05, 4.69) is 31.2 Å². The van der Waals surface area contributed by atoms with Gasteiger partial charge in [0.05, 0.1) is 17.4 Å². The fraction of sp³-hybridized carbons (Fsp3) is 0.0909. The zero-order valence-electron chi connectivity index (χ0n) is 14.0. The van der Waals surface area contributed by atoms with Crippen molar-refractivity contribution in [2.24, 2.45) is 0 Å². The molecule has 0 amide bonds. The summed E-state index contributed by atoms with van der Waals surface area (Å²) in [6.07, 6.45) is 0. The molecule has 3 aromatic carbocycles. The second-order valence-electron chi connectivity index (χ2n) is 6.20. The fourth-order valence-corrected chi connectivity index (χ4v) is 3.00. The van der Waals surface area contributed by atoms with Crippen LogP contribution in [-0.4, -0.2) is 9.55 Å². The van der Waals surface area contributed by atoms with Crippen molar-refractivity contribution in [2.75, 3.05) is 0 Å². The largest absolute Gasteiger partial charge is 0.288 e. The van der Waals surface area contributed by atoms with Crippen LogP contribution in [0.15, 0.2) is 83.7 Å². The van der Waals surface area contributed by atoms with Crippen LogP contribution in [0.25, 0.3) is 22.3 Å². The second kappa shape index (κ2) is 6.36. The molecule has 0 bridgehead atoms. The predicted octanol–water partition coefficient (Wildman–Crippen LogP) is 4.42. The summed E-state index contributed by atoms with van der Waals surface area (Å²) in [4.78, 5) is 17.9. The maximum absolute atomic E-state index is 13.1. The van der Waals surface area contributed by atoms with Gasteiger partial charge in [-0.05, 0) is 24.6 Å². The Morgan fingerprint density at radius 2 is 1.52 bits per heavy atom. The molecule has 0 atom stereocenters. The van der Waals surface area contributed by atoms with Crippen molar-refractivity contribution >= 4 is 10.9 Å². The summed E-state index contributed by atoms with van der Waals surface area (Å²) in [7, 11) is 0. The van der Waals surface area contributed by atoms with Crippen LogP contribution in [-0.2, 0) is 6.54 Å². The fourth-order valence-electron chi connectivity index (χ4n) is 3.00. The van der Waals surface area contributed by atoms with E-state index in [4.69, 9.17) is 4.98 Å². The first-order chi connectivity index (χ1) is 12.2. The summed E-state index contributed by atoms with van der Waals surface area (Å²) < 4.78 is 1.77. The Bertz CT molecular complexity index is 1080. The predicted molar refractivity (Wildman–Crippen MR) is 102 cm³/mol. The first kappa shape index (κ1) is 15.3. The minimum atomic E-state index is -0.00923. The van der Waals surface area contributed by atoms with E-state index in [0.717, 1.165) is 16.6 Å². The van der Waals surface area contributed by atoms with Crippen molar-refractivity contribution < 1.29 is 0 Å². The Morgan fingerprint density at radius 3 is 2.28 bits per heavy atom. The highest BCUT2D eigenvalue weighted by molar-refractivity contribution is 5.79. The lowest BCUT2D eigenvalue weighted by molar-refractivity contribution is 0.759. The standard InChI is InChI=1S/C22H18N2O/c1-16-11-13-17(14-12-16)15-24-21(18-7-3-2-4-8-18)23-20-10-6-5-9-19(20)22(24)25/h2-14H,15H2,1H3. The van der Waals surface area contributed by atoms with Crippen LogP contribution in [0.4, 0.5) is 0 Å². The average Bonchev–Trinajstić information content (AvgIpc) is 2.66. The number of hydrogen-bond acceptors (Lipinski definition) is 2. The molecular weight excluding hydrogens is 308 g/mol. The molecule has 3 nitrogen and oxygen atoms in total. The van der Waals surface area contributed by atoms with Gasteiger partial charge in [-0.1, -0.05) is 72.3 Å². The number of rotatable bonds is 3. The van der Waals surface area contributed by atoms with E-state index in [1.54, 1.807) is 4.57 Å². The molecule has 0 radical (unpaired) electrons. The van der Waals surface area contributed by atoms with Gasteiger partial charge in [-0.25, -0.2) is 4.98 Å². The molecule has 25 heavy (non-hydrogen) atoms. The van der Waals surface area contributed by atoms with E-state index in [1.165, 1.54) is 5.56 Å². The van der Waals surface area contributed by atoms with E-state index in [0.29, 0.717) is 17.8 Å². The average molecular weight is 326 g/mol. The summed E-state index contributed by atoms with van der Waals surface area (Å²) in [5.74, 6) is 0.699. The quantitative estimate of drug-likeness (QED) is 0.558. The minimum Gasteiger partial charge on any atom is -0.288 e. The monoisotopic (exact) mass is 326 g/mol. The lowest BCUT2D eigenvalue weighted by Crippen LogP contribution is -2.24. The van der Waals surface area contributed by atoms with Crippen molar-refractivity contribution in [3.63, 3.8) is 0 Å². The van der Waals surface area contributed by atoms with Crippen LogP contribution in [0.3, 0.4) is 0 Å². The maximum atomic E-state index is 13.1. The highest BCUT2D eigenvalue weighted by Crippen LogP contribution is 2.19. The molecule has 4 aromatic rings. The topological polar surface area (TPSA) is 34.9 Å². The Hall–Kier alpha value is -3.20. The van der Waals surface area contributed by atoms with Crippen molar-refractivity contribution in [1.29, 1.82) is 0 Å².